The van der Waals surface area contributed by atoms with Gasteiger partial charge < -0.3 is 15.2 Å². The van der Waals surface area contributed by atoms with Gasteiger partial charge in [-0.25, -0.2) is 19.9 Å². The van der Waals surface area contributed by atoms with Gasteiger partial charge in [0.15, 0.2) is 11.5 Å². The molecule has 0 radical (unpaired) electrons. The van der Waals surface area contributed by atoms with E-state index in [0.717, 1.165) is 5.69 Å². The van der Waals surface area contributed by atoms with Crippen LogP contribution in [0.15, 0.2) is 24.5 Å². The van der Waals surface area contributed by atoms with Crippen molar-refractivity contribution in [1.82, 2.24) is 24.9 Å². The lowest BCUT2D eigenvalue weighted by Crippen LogP contribution is -2.41. The molecule has 3 aromatic rings. The maximum atomic E-state index is 13.2. The second kappa shape index (κ2) is 7.30. The van der Waals surface area contributed by atoms with Crippen molar-refractivity contribution in [1.29, 1.82) is 0 Å². The molecule has 0 aliphatic carbocycles. The van der Waals surface area contributed by atoms with Crippen LogP contribution in [0, 0.1) is 12.8 Å². The Morgan fingerprint density at radius 3 is 2.86 bits per heavy atom. The number of pyridine rings is 1. The molecule has 0 bridgehead atoms. The van der Waals surface area contributed by atoms with Gasteiger partial charge in [0.05, 0.1) is 12.2 Å². The number of piperidine rings is 1. The smallest absolute Gasteiger partial charge is 0.354 e. The largest absolute Gasteiger partial charge is 0.451 e. The van der Waals surface area contributed by atoms with E-state index in [-0.39, 0.29) is 23.9 Å². The van der Waals surface area contributed by atoms with Crippen molar-refractivity contribution in [2.45, 2.75) is 25.9 Å². The van der Waals surface area contributed by atoms with Gasteiger partial charge in [0, 0.05) is 18.8 Å². The predicted octanol–water partition coefficient (Wildman–Crippen LogP) is 2.93. The highest BCUT2D eigenvalue weighted by molar-refractivity contribution is 5.92. The lowest BCUT2D eigenvalue weighted by Gasteiger charge is -2.33. The first-order valence-corrected chi connectivity index (χ1v) is 9.09. The Morgan fingerprint density at radius 1 is 1.28 bits per heavy atom. The molecule has 3 aromatic heterocycles. The molecule has 1 aliphatic rings. The lowest BCUT2D eigenvalue weighted by atomic mass is 9.97. The van der Waals surface area contributed by atoms with Crippen LogP contribution in [0.1, 0.15) is 24.4 Å². The van der Waals surface area contributed by atoms with Gasteiger partial charge in [0.1, 0.15) is 11.3 Å². The number of hydrogen-bond acceptors (Lipinski definition) is 6. The zero-order valence-electron chi connectivity index (χ0n) is 15.5. The van der Waals surface area contributed by atoms with Gasteiger partial charge >= 0.3 is 6.18 Å². The van der Waals surface area contributed by atoms with Gasteiger partial charge in [-0.3, -0.25) is 4.79 Å². The average Bonchev–Trinajstić information content (AvgIpc) is 3.15. The summed E-state index contributed by atoms with van der Waals surface area (Å²) in [6, 6.07) is 5.31. The number of anilines is 2. The molecule has 29 heavy (non-hydrogen) atoms. The number of halogens is 3. The van der Waals surface area contributed by atoms with Gasteiger partial charge in [-0.15, -0.1) is 0 Å². The standard InChI is InChI=1S/C18H18F3N7O/c1-10-4-2-6-12(24-10)25-16(29)11-5-3-7-28(8-11)15-13-14(23-9-22-13)26-17(27-15)18(19,20)21/h2,4,6,9,11H,3,5,7-8H2,1H3,(H,24,25,29)(H,22,23,26,27). The topological polar surface area (TPSA) is 99.7 Å². The fourth-order valence-corrected chi connectivity index (χ4v) is 3.40. The van der Waals surface area contributed by atoms with Crippen LogP contribution >= 0.6 is 0 Å². The van der Waals surface area contributed by atoms with Crippen LogP contribution in [0.25, 0.3) is 11.2 Å². The predicted molar refractivity (Wildman–Crippen MR) is 99.2 cm³/mol. The van der Waals surface area contributed by atoms with Crippen LogP contribution in [0.2, 0.25) is 0 Å². The van der Waals surface area contributed by atoms with Crippen LogP contribution < -0.4 is 10.2 Å². The Bertz CT molecular complexity index is 1050. The van der Waals surface area contributed by atoms with E-state index in [1.165, 1.54) is 6.33 Å². The number of aryl methyl sites for hydroxylation is 1. The highest BCUT2D eigenvalue weighted by atomic mass is 19.4. The van der Waals surface area contributed by atoms with Crippen LogP contribution in [0.4, 0.5) is 24.8 Å². The third-order valence-corrected chi connectivity index (χ3v) is 4.75. The normalized spacial score (nSPS) is 17.5. The third kappa shape index (κ3) is 3.98. The lowest BCUT2D eigenvalue weighted by molar-refractivity contribution is -0.144. The minimum atomic E-state index is -4.69. The summed E-state index contributed by atoms with van der Waals surface area (Å²) in [5.74, 6) is -1.33. The molecule has 1 fully saturated rings. The Labute approximate surface area is 163 Å². The second-order valence-corrected chi connectivity index (χ2v) is 6.91. The average molecular weight is 405 g/mol. The Balaban J connectivity index is 1.58. The zero-order chi connectivity index (χ0) is 20.6. The molecule has 1 saturated heterocycles. The first kappa shape index (κ1) is 19.1. The number of fused-ring (bicyclic) bond motifs is 1. The summed E-state index contributed by atoms with van der Waals surface area (Å²) in [6.07, 6.45) is -2.15. The van der Waals surface area contributed by atoms with Crippen molar-refractivity contribution < 1.29 is 18.0 Å². The van der Waals surface area contributed by atoms with Crippen molar-refractivity contribution in [3.05, 3.63) is 36.0 Å². The number of alkyl halides is 3. The molecule has 4 rings (SSSR count). The molecule has 0 spiro atoms. The number of carbonyl (C=O) groups is 1. The molecule has 1 aliphatic heterocycles. The molecule has 1 unspecified atom stereocenters. The van der Waals surface area contributed by atoms with Crippen molar-refractivity contribution in [3.8, 4) is 0 Å². The van der Waals surface area contributed by atoms with Gasteiger partial charge in [-0.1, -0.05) is 6.07 Å². The first-order chi connectivity index (χ1) is 13.8. The minimum absolute atomic E-state index is 0.0575. The number of rotatable bonds is 3. The highest BCUT2D eigenvalue weighted by Gasteiger charge is 2.37. The van der Waals surface area contributed by atoms with Crippen LogP contribution in [0.3, 0.4) is 0 Å². The number of nitrogens with zero attached hydrogens (tertiary/aromatic N) is 5. The summed E-state index contributed by atoms with van der Waals surface area (Å²) in [7, 11) is 0. The molecule has 152 valence electrons. The van der Waals surface area contributed by atoms with E-state index in [1.54, 1.807) is 17.0 Å². The maximum Gasteiger partial charge on any atom is 0.451 e. The van der Waals surface area contributed by atoms with E-state index in [0.29, 0.717) is 30.7 Å². The number of aromatic nitrogens is 5. The summed E-state index contributed by atoms with van der Waals surface area (Å²) in [5.41, 5.74) is 1.03. The van der Waals surface area contributed by atoms with Gasteiger partial charge in [-0.2, -0.15) is 13.2 Å². The SMILES string of the molecule is Cc1cccc(NC(=O)C2CCCN(c3nc(C(F)(F)F)nc4nc[nH]c34)C2)n1. The fraction of sp³-hybridized carbons (Fsp3) is 0.389. The molecule has 1 amide bonds. The number of H-pyrrole nitrogens is 1. The quantitative estimate of drug-likeness (QED) is 0.695. The Hall–Kier alpha value is -3.24. The number of carbonyl (C=O) groups excluding carboxylic acids is 1. The van der Waals surface area contributed by atoms with Crippen LogP contribution in [-0.4, -0.2) is 43.9 Å². The molecule has 8 nitrogen and oxygen atoms in total. The van der Waals surface area contributed by atoms with E-state index < -0.39 is 17.9 Å². The zero-order valence-corrected chi connectivity index (χ0v) is 15.5. The number of hydrogen-bond donors (Lipinski definition) is 2. The number of nitrogens with one attached hydrogen (secondary N) is 2. The molecule has 11 heteroatoms. The number of aromatic amines is 1. The Kier molecular flexibility index (Phi) is 4.81. The van der Waals surface area contributed by atoms with Crippen molar-refractivity contribution in [2.75, 3.05) is 23.3 Å². The fourth-order valence-electron chi connectivity index (χ4n) is 3.40. The van der Waals surface area contributed by atoms with Crippen LogP contribution in [0.5, 0.6) is 0 Å². The molecule has 0 saturated carbocycles. The van der Waals surface area contributed by atoms with E-state index in [9.17, 15) is 18.0 Å². The summed E-state index contributed by atoms with van der Waals surface area (Å²) in [6.45, 7) is 2.54. The van der Waals surface area contributed by atoms with Crippen molar-refractivity contribution in [2.24, 2.45) is 5.92 Å². The second-order valence-electron chi connectivity index (χ2n) is 6.91. The summed E-state index contributed by atoms with van der Waals surface area (Å²) in [4.78, 5) is 32.5. The summed E-state index contributed by atoms with van der Waals surface area (Å²) in [5, 5.41) is 2.78. The third-order valence-electron chi connectivity index (χ3n) is 4.75. The summed E-state index contributed by atoms with van der Waals surface area (Å²) >= 11 is 0. The monoisotopic (exact) mass is 405 g/mol. The maximum absolute atomic E-state index is 13.2. The highest BCUT2D eigenvalue weighted by Crippen LogP contribution is 2.32. The molecule has 2 N–H and O–H groups in total. The molecule has 0 aromatic carbocycles. The number of imidazole rings is 1. The van der Waals surface area contributed by atoms with Gasteiger partial charge in [0.2, 0.25) is 11.7 Å². The van der Waals surface area contributed by atoms with Crippen molar-refractivity contribution in [3.63, 3.8) is 0 Å². The van der Waals surface area contributed by atoms with E-state index >= 15 is 0 Å². The molecule has 1 atom stereocenters. The van der Waals surface area contributed by atoms with Crippen molar-refractivity contribution >= 4 is 28.7 Å². The molecular weight excluding hydrogens is 387 g/mol. The van der Waals surface area contributed by atoms with E-state index in [2.05, 4.69) is 30.2 Å². The van der Waals surface area contributed by atoms with E-state index in [4.69, 9.17) is 0 Å². The van der Waals surface area contributed by atoms with E-state index in [1.807, 2.05) is 13.0 Å². The minimum Gasteiger partial charge on any atom is -0.354 e. The summed E-state index contributed by atoms with van der Waals surface area (Å²) < 4.78 is 39.6. The Morgan fingerprint density at radius 2 is 2.10 bits per heavy atom. The molecular formula is C18H18F3N7O. The molecule has 4 heterocycles. The van der Waals surface area contributed by atoms with Gasteiger partial charge in [-0.05, 0) is 31.9 Å². The van der Waals surface area contributed by atoms with Gasteiger partial charge in [0.25, 0.3) is 0 Å². The van der Waals surface area contributed by atoms with Crippen LogP contribution in [-0.2, 0) is 11.0 Å². The first-order valence-electron chi connectivity index (χ1n) is 9.09. The number of amides is 1.